The van der Waals surface area contributed by atoms with E-state index in [4.69, 9.17) is 0 Å². The van der Waals surface area contributed by atoms with Crippen LogP contribution in [-0.2, 0) is 0 Å². The summed E-state index contributed by atoms with van der Waals surface area (Å²) < 4.78 is 0. The van der Waals surface area contributed by atoms with E-state index >= 15 is 0 Å². The van der Waals surface area contributed by atoms with Crippen LogP contribution in [0.3, 0.4) is 0 Å². The number of hydrogen-bond donors (Lipinski definition) is 1. The third-order valence-corrected chi connectivity index (χ3v) is 2.75. The first-order valence-corrected chi connectivity index (χ1v) is 3.62. The van der Waals surface area contributed by atoms with Gasteiger partial charge in [-0.1, -0.05) is 13.5 Å². The maximum Gasteiger partial charge on any atom is 0.0177 e. The van der Waals surface area contributed by atoms with Gasteiger partial charge in [0.15, 0.2) is 0 Å². The Labute approximate surface area is 56.1 Å². The van der Waals surface area contributed by atoms with Crippen LogP contribution in [0.5, 0.6) is 0 Å². The summed E-state index contributed by atoms with van der Waals surface area (Å²) in [6.45, 7) is 7.47. The Kier molecular flexibility index (Phi) is 0.792. The monoisotopic (exact) mass is 123 g/mol. The first-order chi connectivity index (χ1) is 4.21. The van der Waals surface area contributed by atoms with Gasteiger partial charge in [0.2, 0.25) is 0 Å². The van der Waals surface area contributed by atoms with Crippen LogP contribution in [0.25, 0.3) is 0 Å². The van der Waals surface area contributed by atoms with Crippen LogP contribution in [0.1, 0.15) is 19.8 Å². The van der Waals surface area contributed by atoms with Crippen LogP contribution in [0.2, 0.25) is 0 Å². The Bertz CT molecular complexity index is 162. The summed E-state index contributed by atoms with van der Waals surface area (Å²) in [5, 5.41) is 3.30. The molecule has 50 valence electrons. The van der Waals surface area contributed by atoms with Crippen molar-refractivity contribution in [2.45, 2.75) is 19.8 Å². The fraction of sp³-hybridized carbons (Fsp3) is 0.750. The predicted octanol–water partition coefficient (Wildman–Crippen LogP) is 1.52. The summed E-state index contributed by atoms with van der Waals surface area (Å²) in [5.74, 6) is 0.961. The molecule has 1 aliphatic carbocycles. The molecule has 1 saturated carbocycles. The van der Waals surface area contributed by atoms with Gasteiger partial charge < -0.3 is 5.32 Å². The third kappa shape index (κ3) is 0.673. The van der Waals surface area contributed by atoms with Crippen LogP contribution >= 0.6 is 0 Å². The molecule has 9 heavy (non-hydrogen) atoms. The van der Waals surface area contributed by atoms with E-state index in [0.717, 1.165) is 5.92 Å². The SMILES string of the molecule is C=C1CC2(C)CC2CN1. The lowest BCUT2D eigenvalue weighted by molar-refractivity contribution is 0.429. The Balaban J connectivity index is 2.11. The molecule has 1 heterocycles. The summed E-state index contributed by atoms with van der Waals surface area (Å²) in [4.78, 5) is 0. The van der Waals surface area contributed by atoms with Gasteiger partial charge in [-0.05, 0) is 24.2 Å². The summed E-state index contributed by atoms with van der Waals surface area (Å²) in [7, 11) is 0. The zero-order valence-corrected chi connectivity index (χ0v) is 5.91. The second-order valence-electron chi connectivity index (χ2n) is 3.72. The maximum atomic E-state index is 3.93. The minimum Gasteiger partial charge on any atom is -0.389 e. The molecule has 1 aliphatic heterocycles. The Morgan fingerprint density at radius 1 is 1.78 bits per heavy atom. The molecule has 0 amide bonds. The second kappa shape index (κ2) is 1.34. The van der Waals surface area contributed by atoms with Gasteiger partial charge in [0, 0.05) is 12.2 Å². The molecule has 2 unspecified atom stereocenters. The number of rotatable bonds is 0. The van der Waals surface area contributed by atoms with E-state index in [9.17, 15) is 0 Å². The highest BCUT2D eigenvalue weighted by atomic mass is 14.9. The highest BCUT2D eigenvalue weighted by Crippen LogP contribution is 2.57. The molecule has 0 aromatic rings. The average Bonchev–Trinajstić information content (AvgIpc) is 2.38. The fourth-order valence-electron chi connectivity index (χ4n) is 1.86. The van der Waals surface area contributed by atoms with Gasteiger partial charge >= 0.3 is 0 Å². The Hall–Kier alpha value is -0.460. The van der Waals surface area contributed by atoms with E-state index in [1.807, 2.05) is 0 Å². The number of nitrogens with one attached hydrogen (secondary N) is 1. The topological polar surface area (TPSA) is 12.0 Å². The van der Waals surface area contributed by atoms with Gasteiger partial charge in [0.25, 0.3) is 0 Å². The molecule has 1 N–H and O–H groups in total. The van der Waals surface area contributed by atoms with E-state index in [1.165, 1.54) is 25.1 Å². The molecule has 0 bridgehead atoms. The van der Waals surface area contributed by atoms with E-state index in [-0.39, 0.29) is 0 Å². The van der Waals surface area contributed by atoms with Crippen molar-refractivity contribution >= 4 is 0 Å². The number of fused-ring (bicyclic) bond motifs is 1. The third-order valence-electron chi connectivity index (χ3n) is 2.75. The van der Waals surface area contributed by atoms with E-state index < -0.39 is 0 Å². The molecule has 1 heteroatoms. The lowest BCUT2D eigenvalue weighted by Gasteiger charge is -2.20. The van der Waals surface area contributed by atoms with Crippen molar-refractivity contribution in [3.05, 3.63) is 12.3 Å². The Morgan fingerprint density at radius 3 is 3.11 bits per heavy atom. The Morgan fingerprint density at radius 2 is 2.56 bits per heavy atom. The standard InChI is InChI=1S/C8H13N/c1-6-3-8(2)4-7(8)5-9-6/h7,9H,1,3-5H2,2H3. The van der Waals surface area contributed by atoms with Crippen LogP contribution in [0, 0.1) is 11.3 Å². The predicted molar refractivity (Wildman–Crippen MR) is 38.0 cm³/mol. The normalized spacial score (nSPS) is 47.7. The molecule has 2 rings (SSSR count). The first-order valence-electron chi connectivity index (χ1n) is 3.62. The highest BCUT2D eigenvalue weighted by molar-refractivity contribution is 5.13. The number of allylic oxidation sites excluding steroid dienone is 1. The molecule has 2 atom stereocenters. The van der Waals surface area contributed by atoms with E-state index in [0.29, 0.717) is 5.41 Å². The van der Waals surface area contributed by atoms with Crippen LogP contribution < -0.4 is 5.32 Å². The van der Waals surface area contributed by atoms with Gasteiger partial charge in [0.05, 0.1) is 0 Å². The van der Waals surface area contributed by atoms with Crippen molar-refractivity contribution in [2.24, 2.45) is 11.3 Å². The smallest absolute Gasteiger partial charge is 0.0177 e. The average molecular weight is 123 g/mol. The van der Waals surface area contributed by atoms with Gasteiger partial charge in [0.1, 0.15) is 0 Å². The molecule has 0 radical (unpaired) electrons. The number of piperidine rings is 1. The molecular weight excluding hydrogens is 110 g/mol. The molecular formula is C8H13N. The van der Waals surface area contributed by atoms with Crippen molar-refractivity contribution in [3.63, 3.8) is 0 Å². The number of hydrogen-bond acceptors (Lipinski definition) is 1. The zero-order valence-electron chi connectivity index (χ0n) is 5.91. The van der Waals surface area contributed by atoms with Crippen LogP contribution in [-0.4, -0.2) is 6.54 Å². The van der Waals surface area contributed by atoms with Crippen molar-refractivity contribution in [3.8, 4) is 0 Å². The van der Waals surface area contributed by atoms with Gasteiger partial charge in [-0.15, -0.1) is 0 Å². The molecule has 2 aliphatic rings. The minimum atomic E-state index is 0.655. The van der Waals surface area contributed by atoms with Crippen molar-refractivity contribution in [1.29, 1.82) is 0 Å². The largest absolute Gasteiger partial charge is 0.389 e. The molecule has 0 aromatic carbocycles. The second-order valence-corrected chi connectivity index (χ2v) is 3.72. The van der Waals surface area contributed by atoms with Crippen LogP contribution in [0.15, 0.2) is 12.3 Å². The van der Waals surface area contributed by atoms with Crippen molar-refractivity contribution < 1.29 is 0 Å². The summed E-state index contributed by atoms with van der Waals surface area (Å²) in [6, 6.07) is 0. The molecule has 2 fully saturated rings. The lowest BCUT2D eigenvalue weighted by Crippen LogP contribution is -2.25. The lowest BCUT2D eigenvalue weighted by atomic mass is 9.97. The van der Waals surface area contributed by atoms with Gasteiger partial charge in [-0.25, -0.2) is 0 Å². The molecule has 0 aromatic heterocycles. The highest BCUT2D eigenvalue weighted by Gasteiger charge is 2.51. The van der Waals surface area contributed by atoms with Gasteiger partial charge in [-0.3, -0.25) is 0 Å². The fourth-order valence-corrected chi connectivity index (χ4v) is 1.86. The first kappa shape index (κ1) is 5.33. The quantitative estimate of drug-likeness (QED) is 0.515. The van der Waals surface area contributed by atoms with Crippen molar-refractivity contribution in [2.75, 3.05) is 6.54 Å². The van der Waals surface area contributed by atoms with Crippen molar-refractivity contribution in [1.82, 2.24) is 5.32 Å². The van der Waals surface area contributed by atoms with Crippen LogP contribution in [0.4, 0.5) is 0 Å². The molecule has 0 spiro atoms. The van der Waals surface area contributed by atoms with E-state index in [2.05, 4.69) is 18.8 Å². The minimum absolute atomic E-state index is 0.655. The summed E-state index contributed by atoms with van der Waals surface area (Å²) in [5.41, 5.74) is 1.90. The summed E-state index contributed by atoms with van der Waals surface area (Å²) in [6.07, 6.45) is 2.62. The van der Waals surface area contributed by atoms with Gasteiger partial charge in [-0.2, -0.15) is 0 Å². The maximum absolute atomic E-state index is 3.93. The summed E-state index contributed by atoms with van der Waals surface area (Å²) >= 11 is 0. The zero-order chi connectivity index (χ0) is 6.48. The molecule has 1 saturated heterocycles. The molecule has 1 nitrogen and oxygen atoms in total. The van der Waals surface area contributed by atoms with E-state index in [1.54, 1.807) is 0 Å².